The Bertz CT molecular complexity index is 389. The predicted octanol–water partition coefficient (Wildman–Crippen LogP) is 3.91. The second kappa shape index (κ2) is 4.79. The van der Waals surface area contributed by atoms with Crippen LogP contribution < -0.4 is 0 Å². The van der Waals surface area contributed by atoms with E-state index in [4.69, 9.17) is 5.26 Å². The van der Waals surface area contributed by atoms with E-state index in [1.807, 2.05) is 12.2 Å². The average Bonchev–Trinajstić information content (AvgIpc) is 2.17. The van der Waals surface area contributed by atoms with E-state index in [9.17, 15) is 0 Å². The van der Waals surface area contributed by atoms with Gasteiger partial charge in [-0.1, -0.05) is 57.2 Å². The van der Waals surface area contributed by atoms with Crippen molar-refractivity contribution in [2.24, 2.45) is 0 Å². The minimum absolute atomic E-state index is 0.180. The van der Waals surface area contributed by atoms with Crippen molar-refractivity contribution >= 4 is 6.08 Å². The van der Waals surface area contributed by atoms with Crippen molar-refractivity contribution in [3.8, 4) is 6.07 Å². The summed E-state index contributed by atoms with van der Waals surface area (Å²) in [5, 5.41) is 8.43. The first kappa shape index (κ1) is 11.5. The first-order valence-corrected chi connectivity index (χ1v) is 5.18. The van der Waals surface area contributed by atoms with Gasteiger partial charge in [-0.05, 0) is 16.5 Å². The zero-order valence-electron chi connectivity index (χ0n) is 9.62. The molecule has 1 aromatic rings. The molecule has 0 spiro atoms. The molecule has 0 atom stereocenters. The lowest BCUT2D eigenvalue weighted by atomic mass is 9.86. The van der Waals surface area contributed by atoms with Crippen molar-refractivity contribution in [3.05, 3.63) is 41.5 Å². The summed E-state index contributed by atoms with van der Waals surface area (Å²) in [6, 6.07) is 10.5. The Balaban J connectivity index is 2.89. The van der Waals surface area contributed by atoms with E-state index in [1.165, 1.54) is 5.56 Å². The van der Waals surface area contributed by atoms with Crippen LogP contribution in [0, 0.1) is 11.3 Å². The molecule has 0 aliphatic carbocycles. The highest BCUT2D eigenvalue weighted by atomic mass is 14.2. The van der Waals surface area contributed by atoms with Crippen LogP contribution in [0.3, 0.4) is 0 Å². The molecule has 0 N–H and O–H groups in total. The summed E-state index contributed by atoms with van der Waals surface area (Å²) in [6.07, 6.45) is 4.36. The van der Waals surface area contributed by atoms with Gasteiger partial charge in [0, 0.05) is 0 Å². The molecule has 0 amide bonds. The number of nitriles is 1. The monoisotopic (exact) mass is 199 g/mol. The van der Waals surface area contributed by atoms with Crippen LogP contribution in [0.25, 0.3) is 6.08 Å². The van der Waals surface area contributed by atoms with Crippen molar-refractivity contribution in [1.82, 2.24) is 0 Å². The predicted molar refractivity (Wildman–Crippen MR) is 64.4 cm³/mol. The molecule has 0 unspecified atom stereocenters. The first-order chi connectivity index (χ1) is 7.04. The lowest BCUT2D eigenvalue weighted by molar-refractivity contribution is 0.590. The third-order valence-corrected chi connectivity index (χ3v) is 2.27. The van der Waals surface area contributed by atoms with Gasteiger partial charge in [-0.15, -0.1) is 0 Å². The van der Waals surface area contributed by atoms with E-state index >= 15 is 0 Å². The van der Waals surface area contributed by atoms with Gasteiger partial charge >= 0.3 is 0 Å². The summed E-state index contributed by atoms with van der Waals surface area (Å²) in [4.78, 5) is 0. The number of allylic oxidation sites excluding steroid dienone is 1. The number of hydrogen-bond acceptors (Lipinski definition) is 1. The summed E-state index contributed by atoms with van der Waals surface area (Å²) in [7, 11) is 0. The van der Waals surface area contributed by atoms with Gasteiger partial charge in [0.1, 0.15) is 0 Å². The highest BCUT2D eigenvalue weighted by Gasteiger charge is 2.12. The Morgan fingerprint density at radius 3 is 2.67 bits per heavy atom. The molecule has 78 valence electrons. The minimum Gasteiger partial charge on any atom is -0.198 e. The van der Waals surface area contributed by atoms with E-state index in [0.717, 1.165) is 5.56 Å². The quantitative estimate of drug-likeness (QED) is 0.708. The molecule has 1 rings (SSSR count). The normalized spacial score (nSPS) is 11.6. The number of rotatable bonds is 2. The SMILES string of the molecule is CC(C)(C)c1cccc(C=CCC#N)c1. The maximum atomic E-state index is 8.43. The fourth-order valence-electron chi connectivity index (χ4n) is 1.36. The van der Waals surface area contributed by atoms with E-state index < -0.39 is 0 Å². The summed E-state index contributed by atoms with van der Waals surface area (Å²) in [6.45, 7) is 6.60. The Kier molecular flexibility index (Phi) is 3.68. The molecule has 0 bridgehead atoms. The molecule has 0 fully saturated rings. The van der Waals surface area contributed by atoms with Crippen LogP contribution in [0.5, 0.6) is 0 Å². The van der Waals surface area contributed by atoms with Crippen LogP contribution in [0.4, 0.5) is 0 Å². The highest BCUT2D eigenvalue weighted by molar-refractivity contribution is 5.51. The molecular weight excluding hydrogens is 182 g/mol. The fourth-order valence-corrected chi connectivity index (χ4v) is 1.36. The maximum absolute atomic E-state index is 8.43. The Labute approximate surface area is 92.1 Å². The molecule has 0 heterocycles. The smallest absolute Gasteiger partial charge is 0.0663 e. The van der Waals surface area contributed by atoms with Crippen molar-refractivity contribution in [3.63, 3.8) is 0 Å². The molecular formula is C14H17N. The summed E-state index contributed by atoms with van der Waals surface area (Å²) in [5.41, 5.74) is 2.67. The number of hydrogen-bond donors (Lipinski definition) is 0. The molecule has 0 aromatic heterocycles. The fraction of sp³-hybridized carbons (Fsp3) is 0.357. The Morgan fingerprint density at radius 2 is 2.07 bits per heavy atom. The van der Waals surface area contributed by atoms with Crippen LogP contribution in [-0.2, 0) is 5.41 Å². The van der Waals surface area contributed by atoms with Crippen LogP contribution in [-0.4, -0.2) is 0 Å². The van der Waals surface area contributed by atoms with Crippen molar-refractivity contribution < 1.29 is 0 Å². The summed E-state index contributed by atoms with van der Waals surface area (Å²) < 4.78 is 0. The summed E-state index contributed by atoms with van der Waals surface area (Å²) >= 11 is 0. The van der Waals surface area contributed by atoms with Crippen molar-refractivity contribution in [1.29, 1.82) is 5.26 Å². The summed E-state index contributed by atoms with van der Waals surface area (Å²) in [5.74, 6) is 0. The van der Waals surface area contributed by atoms with Crippen molar-refractivity contribution in [2.45, 2.75) is 32.6 Å². The standard InChI is InChI=1S/C14H17N/c1-14(2,3)13-9-6-8-12(11-13)7-4-5-10-15/h4,6-9,11H,5H2,1-3H3. The van der Waals surface area contributed by atoms with Gasteiger partial charge in [0.15, 0.2) is 0 Å². The highest BCUT2D eigenvalue weighted by Crippen LogP contribution is 2.23. The second-order valence-electron chi connectivity index (χ2n) is 4.64. The molecule has 1 nitrogen and oxygen atoms in total. The van der Waals surface area contributed by atoms with Gasteiger partial charge < -0.3 is 0 Å². The van der Waals surface area contributed by atoms with Crippen molar-refractivity contribution in [2.75, 3.05) is 0 Å². The lowest BCUT2D eigenvalue weighted by Gasteiger charge is -2.19. The first-order valence-electron chi connectivity index (χ1n) is 5.18. The lowest BCUT2D eigenvalue weighted by Crippen LogP contribution is -2.10. The minimum atomic E-state index is 0.180. The maximum Gasteiger partial charge on any atom is 0.0663 e. The van der Waals surface area contributed by atoms with Gasteiger partial charge in [0.2, 0.25) is 0 Å². The van der Waals surface area contributed by atoms with E-state index in [0.29, 0.717) is 6.42 Å². The van der Waals surface area contributed by atoms with Crippen LogP contribution in [0.2, 0.25) is 0 Å². The van der Waals surface area contributed by atoms with Crippen LogP contribution >= 0.6 is 0 Å². The van der Waals surface area contributed by atoms with Gasteiger partial charge in [0.25, 0.3) is 0 Å². The largest absolute Gasteiger partial charge is 0.198 e. The molecule has 0 aliphatic heterocycles. The second-order valence-corrected chi connectivity index (χ2v) is 4.64. The third kappa shape index (κ3) is 3.59. The molecule has 0 saturated carbocycles. The molecule has 15 heavy (non-hydrogen) atoms. The van der Waals surface area contributed by atoms with Gasteiger partial charge in [-0.3, -0.25) is 0 Å². The Hall–Kier alpha value is -1.55. The Morgan fingerprint density at radius 1 is 1.33 bits per heavy atom. The van der Waals surface area contributed by atoms with E-state index in [2.05, 4.69) is 51.1 Å². The van der Waals surface area contributed by atoms with Gasteiger partial charge in [-0.25, -0.2) is 0 Å². The average molecular weight is 199 g/mol. The molecule has 0 aliphatic rings. The van der Waals surface area contributed by atoms with E-state index in [-0.39, 0.29) is 5.41 Å². The number of nitrogens with zero attached hydrogens (tertiary/aromatic N) is 1. The molecule has 0 radical (unpaired) electrons. The zero-order chi connectivity index (χ0) is 11.3. The van der Waals surface area contributed by atoms with Gasteiger partial charge in [0.05, 0.1) is 12.5 Å². The van der Waals surface area contributed by atoms with Gasteiger partial charge in [-0.2, -0.15) is 5.26 Å². The van der Waals surface area contributed by atoms with Crippen LogP contribution in [0.1, 0.15) is 38.3 Å². The van der Waals surface area contributed by atoms with E-state index in [1.54, 1.807) is 0 Å². The topological polar surface area (TPSA) is 23.8 Å². The van der Waals surface area contributed by atoms with Crippen LogP contribution in [0.15, 0.2) is 30.3 Å². The number of benzene rings is 1. The molecule has 1 heteroatoms. The third-order valence-electron chi connectivity index (χ3n) is 2.27. The molecule has 0 saturated heterocycles. The zero-order valence-corrected chi connectivity index (χ0v) is 9.62. The molecule has 1 aromatic carbocycles.